The Kier molecular flexibility index (Phi) is 1.95. The van der Waals surface area contributed by atoms with E-state index in [0.717, 1.165) is 12.4 Å². The first-order valence-corrected chi connectivity index (χ1v) is 4.99. The van der Waals surface area contributed by atoms with Gasteiger partial charge >= 0.3 is 0 Å². The summed E-state index contributed by atoms with van der Waals surface area (Å²) in [7, 11) is 0. The minimum absolute atomic E-state index is 0.133. The van der Waals surface area contributed by atoms with Gasteiger partial charge in [0, 0.05) is 25.5 Å². The lowest BCUT2D eigenvalue weighted by Crippen LogP contribution is -2.38. The number of hydrogen-bond acceptors (Lipinski definition) is 4. The molecular formula is C9H10N6O. The standard InChI is InChI=1S/C9H10N6O/c16-9(8-11-6-12-13-8)15-4-3-14-2-1-10-7(14)5-15/h1-2,6H,3-5H2,(H,11,12,13). The van der Waals surface area contributed by atoms with E-state index in [1.54, 1.807) is 11.1 Å². The molecule has 2 aromatic heterocycles. The third-order valence-corrected chi connectivity index (χ3v) is 2.65. The van der Waals surface area contributed by atoms with Crippen LogP contribution in [0.25, 0.3) is 0 Å². The lowest BCUT2D eigenvalue weighted by molar-refractivity contribution is 0.0695. The SMILES string of the molecule is O=C(c1ncn[nH]1)N1CCn2ccnc2C1. The van der Waals surface area contributed by atoms with Crippen LogP contribution in [0.2, 0.25) is 0 Å². The molecular weight excluding hydrogens is 208 g/mol. The first-order chi connectivity index (χ1) is 7.84. The van der Waals surface area contributed by atoms with Crippen LogP contribution in [0.4, 0.5) is 0 Å². The van der Waals surface area contributed by atoms with Gasteiger partial charge in [-0.1, -0.05) is 0 Å². The largest absolute Gasteiger partial charge is 0.332 e. The Bertz CT molecular complexity index is 502. The van der Waals surface area contributed by atoms with Crippen LogP contribution in [0.5, 0.6) is 0 Å². The van der Waals surface area contributed by atoms with Crippen molar-refractivity contribution >= 4 is 5.91 Å². The number of aromatic amines is 1. The number of carbonyl (C=O) groups is 1. The predicted molar refractivity (Wildman–Crippen MR) is 53.4 cm³/mol. The molecule has 7 heteroatoms. The lowest BCUT2D eigenvalue weighted by Gasteiger charge is -2.26. The van der Waals surface area contributed by atoms with Gasteiger partial charge in [0.05, 0.1) is 6.54 Å². The molecule has 1 amide bonds. The second-order valence-electron chi connectivity index (χ2n) is 3.60. The van der Waals surface area contributed by atoms with E-state index in [9.17, 15) is 4.79 Å². The highest BCUT2D eigenvalue weighted by atomic mass is 16.2. The zero-order valence-corrected chi connectivity index (χ0v) is 8.50. The summed E-state index contributed by atoms with van der Waals surface area (Å²) in [5.74, 6) is 1.05. The highest BCUT2D eigenvalue weighted by molar-refractivity contribution is 5.90. The van der Waals surface area contributed by atoms with Crippen molar-refractivity contribution in [2.75, 3.05) is 6.54 Å². The molecule has 0 atom stereocenters. The van der Waals surface area contributed by atoms with Gasteiger partial charge in [0.1, 0.15) is 12.2 Å². The Morgan fingerprint density at radius 2 is 2.31 bits per heavy atom. The van der Waals surface area contributed by atoms with E-state index in [2.05, 4.69) is 20.2 Å². The van der Waals surface area contributed by atoms with Crippen molar-refractivity contribution in [2.45, 2.75) is 13.1 Å². The van der Waals surface area contributed by atoms with Crippen molar-refractivity contribution in [3.05, 3.63) is 30.4 Å². The van der Waals surface area contributed by atoms with Crippen LogP contribution in [0.1, 0.15) is 16.4 Å². The Hall–Kier alpha value is -2.18. The topological polar surface area (TPSA) is 79.7 Å². The van der Waals surface area contributed by atoms with E-state index in [4.69, 9.17) is 0 Å². The fraction of sp³-hybridized carbons (Fsp3) is 0.333. The van der Waals surface area contributed by atoms with E-state index in [0.29, 0.717) is 13.1 Å². The van der Waals surface area contributed by atoms with Gasteiger partial charge in [0.2, 0.25) is 5.82 Å². The molecule has 0 bridgehead atoms. The summed E-state index contributed by atoms with van der Waals surface area (Å²) in [5.41, 5.74) is 0. The molecule has 1 N–H and O–H groups in total. The number of nitrogens with zero attached hydrogens (tertiary/aromatic N) is 5. The van der Waals surface area contributed by atoms with Crippen LogP contribution < -0.4 is 0 Å². The predicted octanol–water partition coefficient (Wildman–Crippen LogP) is -0.343. The van der Waals surface area contributed by atoms with Crippen LogP contribution in [-0.2, 0) is 13.1 Å². The minimum atomic E-state index is -0.133. The number of H-pyrrole nitrogens is 1. The van der Waals surface area contributed by atoms with E-state index in [1.165, 1.54) is 6.33 Å². The molecule has 16 heavy (non-hydrogen) atoms. The second-order valence-corrected chi connectivity index (χ2v) is 3.60. The first kappa shape index (κ1) is 9.08. The van der Waals surface area contributed by atoms with Crippen molar-refractivity contribution in [3.63, 3.8) is 0 Å². The Morgan fingerprint density at radius 3 is 3.12 bits per heavy atom. The molecule has 3 heterocycles. The average Bonchev–Trinajstić information content (AvgIpc) is 2.98. The summed E-state index contributed by atoms with van der Waals surface area (Å²) in [5, 5.41) is 6.24. The van der Waals surface area contributed by atoms with Crippen LogP contribution in [0.15, 0.2) is 18.7 Å². The van der Waals surface area contributed by atoms with Crippen molar-refractivity contribution < 1.29 is 4.79 Å². The number of fused-ring (bicyclic) bond motifs is 1. The molecule has 0 aromatic carbocycles. The molecule has 0 unspecified atom stereocenters. The molecule has 1 aliphatic rings. The molecule has 3 rings (SSSR count). The summed E-state index contributed by atoms with van der Waals surface area (Å²) in [6.45, 7) is 1.96. The minimum Gasteiger partial charge on any atom is -0.332 e. The molecule has 0 saturated heterocycles. The Morgan fingerprint density at radius 1 is 1.38 bits per heavy atom. The summed E-state index contributed by atoms with van der Waals surface area (Å²) >= 11 is 0. The molecule has 0 fully saturated rings. The van der Waals surface area contributed by atoms with Gasteiger partial charge in [-0.05, 0) is 0 Å². The lowest BCUT2D eigenvalue weighted by atomic mass is 10.3. The van der Waals surface area contributed by atoms with Crippen LogP contribution in [-0.4, -0.2) is 42.1 Å². The summed E-state index contributed by atoms with van der Waals surface area (Å²) < 4.78 is 2.05. The van der Waals surface area contributed by atoms with Crippen LogP contribution in [0, 0.1) is 0 Å². The Labute approximate surface area is 91.1 Å². The number of aromatic nitrogens is 5. The molecule has 0 radical (unpaired) electrons. The van der Waals surface area contributed by atoms with E-state index in [1.807, 2.05) is 10.8 Å². The average molecular weight is 218 g/mol. The maximum Gasteiger partial charge on any atom is 0.291 e. The third kappa shape index (κ3) is 1.37. The van der Waals surface area contributed by atoms with Gasteiger partial charge in [-0.2, -0.15) is 5.10 Å². The quantitative estimate of drug-likeness (QED) is 0.710. The molecule has 1 aliphatic heterocycles. The number of rotatable bonds is 1. The number of imidazole rings is 1. The van der Waals surface area contributed by atoms with Gasteiger partial charge in [-0.15, -0.1) is 0 Å². The zero-order chi connectivity index (χ0) is 11.0. The number of nitrogens with one attached hydrogen (secondary N) is 1. The van der Waals surface area contributed by atoms with Crippen LogP contribution >= 0.6 is 0 Å². The number of hydrogen-bond donors (Lipinski definition) is 1. The normalized spacial score (nSPS) is 14.9. The van der Waals surface area contributed by atoms with Crippen molar-refractivity contribution in [1.29, 1.82) is 0 Å². The molecule has 0 saturated carbocycles. The number of amides is 1. The van der Waals surface area contributed by atoms with E-state index < -0.39 is 0 Å². The van der Waals surface area contributed by atoms with Crippen molar-refractivity contribution in [1.82, 2.24) is 29.6 Å². The first-order valence-electron chi connectivity index (χ1n) is 4.99. The number of carbonyl (C=O) groups excluding carboxylic acids is 1. The molecule has 0 aliphatic carbocycles. The van der Waals surface area contributed by atoms with Crippen molar-refractivity contribution in [2.24, 2.45) is 0 Å². The van der Waals surface area contributed by atoms with Gasteiger partial charge in [0.15, 0.2) is 0 Å². The summed E-state index contributed by atoms with van der Waals surface area (Å²) in [6.07, 6.45) is 5.00. The molecule has 2 aromatic rings. The smallest absolute Gasteiger partial charge is 0.291 e. The highest BCUT2D eigenvalue weighted by Gasteiger charge is 2.23. The molecule has 82 valence electrons. The monoisotopic (exact) mass is 218 g/mol. The van der Waals surface area contributed by atoms with Gasteiger partial charge in [-0.3, -0.25) is 9.89 Å². The fourth-order valence-corrected chi connectivity index (χ4v) is 1.81. The highest BCUT2D eigenvalue weighted by Crippen LogP contribution is 2.11. The maximum absolute atomic E-state index is 11.9. The maximum atomic E-state index is 11.9. The summed E-state index contributed by atoms with van der Waals surface area (Å²) in [4.78, 5) is 21.7. The van der Waals surface area contributed by atoms with Crippen LogP contribution in [0.3, 0.4) is 0 Å². The van der Waals surface area contributed by atoms with E-state index in [-0.39, 0.29) is 11.7 Å². The van der Waals surface area contributed by atoms with Gasteiger partial charge < -0.3 is 9.47 Å². The second kappa shape index (κ2) is 3.44. The fourth-order valence-electron chi connectivity index (χ4n) is 1.81. The zero-order valence-electron chi connectivity index (χ0n) is 8.50. The Balaban J connectivity index is 1.81. The molecule has 0 spiro atoms. The van der Waals surface area contributed by atoms with Crippen molar-refractivity contribution in [3.8, 4) is 0 Å². The molecule has 7 nitrogen and oxygen atoms in total. The summed E-state index contributed by atoms with van der Waals surface area (Å²) in [6, 6.07) is 0. The third-order valence-electron chi connectivity index (χ3n) is 2.65. The van der Waals surface area contributed by atoms with Gasteiger partial charge in [0.25, 0.3) is 5.91 Å². The van der Waals surface area contributed by atoms with Gasteiger partial charge in [-0.25, -0.2) is 9.97 Å². The van der Waals surface area contributed by atoms with E-state index >= 15 is 0 Å².